The first-order chi connectivity index (χ1) is 11.5. The van der Waals surface area contributed by atoms with Gasteiger partial charge in [-0.25, -0.2) is 13.1 Å². The lowest BCUT2D eigenvalue weighted by atomic mass is 10.0. The number of rotatable bonds is 8. The molecule has 6 heteroatoms. The van der Waals surface area contributed by atoms with Crippen LogP contribution in [0.1, 0.15) is 29.8 Å². The third-order valence-electron chi connectivity index (χ3n) is 3.59. The van der Waals surface area contributed by atoms with E-state index in [1.807, 2.05) is 19.9 Å². The van der Waals surface area contributed by atoms with Crippen molar-refractivity contribution in [2.24, 2.45) is 0 Å². The number of ketones is 1. The zero-order valence-corrected chi connectivity index (χ0v) is 14.6. The van der Waals surface area contributed by atoms with Crippen LogP contribution in [0.3, 0.4) is 0 Å². The monoisotopic (exact) mass is 346 g/mol. The molecule has 0 amide bonds. The molecule has 128 valence electrons. The summed E-state index contributed by atoms with van der Waals surface area (Å²) in [5.41, 5.74) is 0.633. The van der Waals surface area contributed by atoms with Gasteiger partial charge in [0.1, 0.15) is 0 Å². The summed E-state index contributed by atoms with van der Waals surface area (Å²) in [6, 6.07) is 14.9. The summed E-state index contributed by atoms with van der Waals surface area (Å²) in [4.78, 5) is 12.7. The molecule has 0 fully saturated rings. The van der Waals surface area contributed by atoms with Crippen LogP contribution in [-0.4, -0.2) is 33.3 Å². The van der Waals surface area contributed by atoms with Crippen LogP contribution in [0.25, 0.3) is 0 Å². The lowest BCUT2D eigenvalue weighted by molar-refractivity contribution is 0.103. The van der Waals surface area contributed by atoms with Gasteiger partial charge >= 0.3 is 0 Å². The first-order valence-electron chi connectivity index (χ1n) is 7.87. The highest BCUT2D eigenvalue weighted by Gasteiger charge is 2.23. The second-order valence-electron chi connectivity index (χ2n) is 5.50. The molecule has 0 aliphatic rings. The van der Waals surface area contributed by atoms with Crippen LogP contribution < -0.4 is 10.0 Å². The van der Waals surface area contributed by atoms with E-state index >= 15 is 0 Å². The Morgan fingerprint density at radius 3 is 2.33 bits per heavy atom. The Hall–Kier alpha value is -2.02. The van der Waals surface area contributed by atoms with Gasteiger partial charge in [0.25, 0.3) is 0 Å². The van der Waals surface area contributed by atoms with Gasteiger partial charge in [-0.3, -0.25) is 4.79 Å². The molecule has 2 aromatic rings. The molecule has 0 saturated carbocycles. The molecule has 0 aromatic heterocycles. The molecule has 0 saturated heterocycles. The molecule has 0 unspecified atom stereocenters. The molecule has 0 aliphatic heterocycles. The number of sulfonamides is 1. The standard InChI is InChI=1S/C18H22N2O3S/c1-3-19-14(2)13-20-24(22,23)17-12-8-7-11-16(17)18(21)15-9-5-4-6-10-15/h4-12,14,19-20H,3,13H2,1-2H3/t14-/m1/s1. The van der Waals surface area contributed by atoms with Gasteiger partial charge in [-0.15, -0.1) is 0 Å². The van der Waals surface area contributed by atoms with Crippen LogP contribution in [0.5, 0.6) is 0 Å². The number of nitrogens with one attached hydrogen (secondary N) is 2. The maximum absolute atomic E-state index is 12.6. The first kappa shape index (κ1) is 18.3. The van der Waals surface area contributed by atoms with Crippen LogP contribution in [0.15, 0.2) is 59.5 Å². The Morgan fingerprint density at radius 2 is 1.67 bits per heavy atom. The number of carbonyl (C=O) groups is 1. The van der Waals surface area contributed by atoms with Crippen molar-refractivity contribution in [2.45, 2.75) is 24.8 Å². The second kappa shape index (κ2) is 8.19. The Labute approximate surface area is 143 Å². The van der Waals surface area contributed by atoms with Gasteiger partial charge in [-0.2, -0.15) is 0 Å². The van der Waals surface area contributed by atoms with E-state index in [0.29, 0.717) is 5.56 Å². The highest BCUT2D eigenvalue weighted by atomic mass is 32.2. The molecule has 0 spiro atoms. The summed E-state index contributed by atoms with van der Waals surface area (Å²) >= 11 is 0. The van der Waals surface area contributed by atoms with Gasteiger partial charge in [0.2, 0.25) is 10.0 Å². The fourth-order valence-corrected chi connectivity index (χ4v) is 3.70. The molecular formula is C18H22N2O3S. The molecule has 0 radical (unpaired) electrons. The van der Waals surface area contributed by atoms with Crippen molar-refractivity contribution >= 4 is 15.8 Å². The SMILES string of the molecule is CCN[C@H](C)CNS(=O)(=O)c1ccccc1C(=O)c1ccccc1. The zero-order valence-electron chi connectivity index (χ0n) is 13.8. The summed E-state index contributed by atoms with van der Waals surface area (Å²) in [6.07, 6.45) is 0. The number of likely N-dealkylation sites (N-methyl/N-ethyl adjacent to an activating group) is 1. The molecule has 5 nitrogen and oxygen atoms in total. The first-order valence-corrected chi connectivity index (χ1v) is 9.36. The molecule has 0 heterocycles. The van der Waals surface area contributed by atoms with Crippen LogP contribution in [0.4, 0.5) is 0 Å². The lowest BCUT2D eigenvalue weighted by Crippen LogP contribution is -2.39. The lowest BCUT2D eigenvalue weighted by Gasteiger charge is -2.15. The van der Waals surface area contributed by atoms with Gasteiger partial charge < -0.3 is 5.32 Å². The average molecular weight is 346 g/mol. The number of carbonyl (C=O) groups excluding carboxylic acids is 1. The fraction of sp³-hybridized carbons (Fsp3) is 0.278. The van der Waals surface area contributed by atoms with Gasteiger partial charge in [-0.05, 0) is 25.6 Å². The minimum Gasteiger partial charge on any atom is -0.313 e. The van der Waals surface area contributed by atoms with Crippen molar-refractivity contribution in [1.82, 2.24) is 10.0 Å². The highest BCUT2D eigenvalue weighted by Crippen LogP contribution is 2.19. The van der Waals surface area contributed by atoms with E-state index in [2.05, 4.69) is 10.0 Å². The van der Waals surface area contributed by atoms with Crippen molar-refractivity contribution in [2.75, 3.05) is 13.1 Å². The largest absolute Gasteiger partial charge is 0.313 e. The Balaban J connectivity index is 2.30. The normalized spacial score (nSPS) is 12.8. The summed E-state index contributed by atoms with van der Waals surface area (Å²) in [5, 5.41) is 3.14. The third kappa shape index (κ3) is 4.50. The molecule has 1 atom stereocenters. The fourth-order valence-electron chi connectivity index (χ4n) is 2.37. The quantitative estimate of drug-likeness (QED) is 0.719. The van der Waals surface area contributed by atoms with E-state index in [-0.39, 0.29) is 28.8 Å². The van der Waals surface area contributed by atoms with Crippen molar-refractivity contribution in [3.05, 3.63) is 65.7 Å². The summed E-state index contributed by atoms with van der Waals surface area (Å²) in [7, 11) is -3.77. The molecular weight excluding hydrogens is 324 g/mol. The highest BCUT2D eigenvalue weighted by molar-refractivity contribution is 7.89. The maximum Gasteiger partial charge on any atom is 0.241 e. The Bertz CT molecular complexity index is 789. The van der Waals surface area contributed by atoms with E-state index in [1.165, 1.54) is 12.1 Å². The molecule has 0 bridgehead atoms. The predicted molar refractivity (Wildman–Crippen MR) is 94.6 cm³/mol. The molecule has 24 heavy (non-hydrogen) atoms. The van der Waals surface area contributed by atoms with Crippen molar-refractivity contribution in [3.8, 4) is 0 Å². The van der Waals surface area contributed by atoms with Crippen molar-refractivity contribution in [1.29, 1.82) is 0 Å². The second-order valence-corrected chi connectivity index (χ2v) is 7.24. The number of benzene rings is 2. The number of hydrogen-bond acceptors (Lipinski definition) is 4. The van der Waals surface area contributed by atoms with E-state index in [1.54, 1.807) is 36.4 Å². The summed E-state index contributed by atoms with van der Waals surface area (Å²) in [6.45, 7) is 4.86. The van der Waals surface area contributed by atoms with Crippen LogP contribution >= 0.6 is 0 Å². The van der Waals surface area contributed by atoms with E-state index < -0.39 is 10.0 Å². The minimum atomic E-state index is -3.77. The summed E-state index contributed by atoms with van der Waals surface area (Å²) in [5.74, 6) is -0.309. The minimum absolute atomic E-state index is 0.00163. The molecule has 2 rings (SSSR count). The molecule has 2 N–H and O–H groups in total. The zero-order chi connectivity index (χ0) is 17.6. The smallest absolute Gasteiger partial charge is 0.241 e. The van der Waals surface area contributed by atoms with E-state index in [0.717, 1.165) is 6.54 Å². The van der Waals surface area contributed by atoms with Crippen LogP contribution in [-0.2, 0) is 10.0 Å². The summed E-state index contributed by atoms with van der Waals surface area (Å²) < 4.78 is 27.8. The van der Waals surface area contributed by atoms with Gasteiger partial charge in [0.05, 0.1) is 4.90 Å². The molecule has 2 aromatic carbocycles. The maximum atomic E-state index is 12.6. The predicted octanol–water partition coefficient (Wildman–Crippen LogP) is 2.19. The van der Waals surface area contributed by atoms with Crippen LogP contribution in [0.2, 0.25) is 0 Å². The Kier molecular flexibility index (Phi) is 6.25. The van der Waals surface area contributed by atoms with Gasteiger partial charge in [0.15, 0.2) is 5.78 Å². The third-order valence-corrected chi connectivity index (χ3v) is 5.07. The van der Waals surface area contributed by atoms with Gasteiger partial charge in [0, 0.05) is 23.7 Å². The molecule has 0 aliphatic carbocycles. The van der Waals surface area contributed by atoms with E-state index in [9.17, 15) is 13.2 Å². The van der Waals surface area contributed by atoms with Crippen molar-refractivity contribution in [3.63, 3.8) is 0 Å². The number of hydrogen-bond donors (Lipinski definition) is 2. The average Bonchev–Trinajstić information content (AvgIpc) is 2.60. The van der Waals surface area contributed by atoms with Crippen molar-refractivity contribution < 1.29 is 13.2 Å². The van der Waals surface area contributed by atoms with E-state index in [4.69, 9.17) is 0 Å². The van der Waals surface area contributed by atoms with Gasteiger partial charge in [-0.1, -0.05) is 49.4 Å². The Morgan fingerprint density at radius 1 is 1.04 bits per heavy atom. The topological polar surface area (TPSA) is 75.3 Å². The van der Waals surface area contributed by atoms with Crippen LogP contribution in [0, 0.1) is 0 Å².